The number of hydrogen-bond acceptors (Lipinski definition) is 6. The van der Waals surface area contributed by atoms with Gasteiger partial charge in [-0.25, -0.2) is 13.4 Å². The van der Waals surface area contributed by atoms with E-state index in [0.717, 1.165) is 22.7 Å². The van der Waals surface area contributed by atoms with Crippen molar-refractivity contribution >= 4 is 50.4 Å². The number of carbonyl (C=O) groups excluding carboxylic acids is 1. The van der Waals surface area contributed by atoms with Crippen molar-refractivity contribution in [2.24, 2.45) is 0 Å². The SMILES string of the molecule is Cc1ccc(NS(=O)(=O)c2ccsc2C(=O)N2CCN(c3cccc(Cl)n3)CC2)cc1. The van der Waals surface area contributed by atoms with Crippen LogP contribution >= 0.6 is 22.9 Å². The third-order valence-corrected chi connectivity index (χ3v) is 7.67. The van der Waals surface area contributed by atoms with Gasteiger partial charge >= 0.3 is 0 Å². The van der Waals surface area contributed by atoms with E-state index in [4.69, 9.17) is 11.6 Å². The molecule has 3 heterocycles. The highest BCUT2D eigenvalue weighted by Gasteiger charge is 2.29. The van der Waals surface area contributed by atoms with Gasteiger partial charge < -0.3 is 9.80 Å². The number of thiophene rings is 1. The largest absolute Gasteiger partial charge is 0.353 e. The van der Waals surface area contributed by atoms with Crippen molar-refractivity contribution in [3.63, 3.8) is 0 Å². The molecule has 1 aliphatic heterocycles. The monoisotopic (exact) mass is 476 g/mol. The molecule has 4 rings (SSSR count). The van der Waals surface area contributed by atoms with Gasteiger partial charge in [-0.1, -0.05) is 35.4 Å². The van der Waals surface area contributed by atoms with Gasteiger partial charge in [-0.2, -0.15) is 0 Å². The molecule has 1 amide bonds. The van der Waals surface area contributed by atoms with Crippen LogP contribution in [0.25, 0.3) is 0 Å². The van der Waals surface area contributed by atoms with Crippen LogP contribution < -0.4 is 9.62 Å². The molecule has 1 aliphatic rings. The molecule has 2 aromatic heterocycles. The second-order valence-corrected chi connectivity index (χ2v) is 10.1. The molecule has 1 aromatic carbocycles. The standard InChI is InChI=1S/C21H21ClN4O3S2/c1-15-5-7-16(8-6-15)24-31(28,29)17-9-14-30-20(17)21(27)26-12-10-25(11-13-26)19-4-2-3-18(22)23-19/h2-9,14,24H,10-13H2,1H3. The van der Waals surface area contributed by atoms with Crippen molar-refractivity contribution in [1.29, 1.82) is 0 Å². The van der Waals surface area contributed by atoms with Gasteiger partial charge in [0, 0.05) is 31.9 Å². The van der Waals surface area contributed by atoms with E-state index in [0.29, 0.717) is 37.0 Å². The Kier molecular flexibility index (Phi) is 6.17. The van der Waals surface area contributed by atoms with Crippen LogP contribution in [0.2, 0.25) is 5.15 Å². The number of hydrogen-bond donors (Lipinski definition) is 1. The molecule has 0 radical (unpaired) electrons. The molecule has 0 unspecified atom stereocenters. The highest BCUT2D eigenvalue weighted by atomic mass is 35.5. The zero-order chi connectivity index (χ0) is 22.0. The topological polar surface area (TPSA) is 82.6 Å². The van der Waals surface area contributed by atoms with E-state index >= 15 is 0 Å². The van der Waals surface area contributed by atoms with Gasteiger partial charge in [0.1, 0.15) is 20.7 Å². The lowest BCUT2D eigenvalue weighted by molar-refractivity contribution is 0.0748. The van der Waals surface area contributed by atoms with Gasteiger partial charge in [0.05, 0.1) is 0 Å². The van der Waals surface area contributed by atoms with Crippen molar-refractivity contribution in [3.05, 3.63) is 69.5 Å². The first-order valence-electron chi connectivity index (χ1n) is 9.67. The fraction of sp³-hybridized carbons (Fsp3) is 0.238. The first-order valence-corrected chi connectivity index (χ1v) is 12.4. The molecule has 1 N–H and O–H groups in total. The lowest BCUT2D eigenvalue weighted by Crippen LogP contribution is -2.49. The van der Waals surface area contributed by atoms with Crippen LogP contribution in [0.1, 0.15) is 15.2 Å². The summed E-state index contributed by atoms with van der Waals surface area (Å²) in [5, 5.41) is 2.05. The van der Waals surface area contributed by atoms with E-state index in [9.17, 15) is 13.2 Å². The van der Waals surface area contributed by atoms with Gasteiger partial charge in [0.2, 0.25) is 0 Å². The number of halogens is 1. The smallest absolute Gasteiger partial charge is 0.265 e. The van der Waals surface area contributed by atoms with E-state index in [1.807, 2.05) is 31.2 Å². The molecule has 0 bridgehead atoms. The first kappa shape index (κ1) is 21.6. The number of benzene rings is 1. The van der Waals surface area contributed by atoms with Crippen molar-refractivity contribution in [2.45, 2.75) is 11.8 Å². The zero-order valence-corrected chi connectivity index (χ0v) is 19.2. The van der Waals surface area contributed by atoms with Crippen LogP contribution in [-0.4, -0.2) is 50.4 Å². The number of carbonyl (C=O) groups is 1. The zero-order valence-electron chi connectivity index (χ0n) is 16.8. The fourth-order valence-electron chi connectivity index (χ4n) is 3.35. The average Bonchev–Trinajstić information content (AvgIpc) is 3.26. The van der Waals surface area contributed by atoms with Crippen molar-refractivity contribution in [2.75, 3.05) is 35.8 Å². The molecule has 0 saturated carbocycles. The van der Waals surface area contributed by atoms with Crippen LogP contribution in [0.4, 0.5) is 11.5 Å². The Morgan fingerprint density at radius 2 is 1.77 bits per heavy atom. The lowest BCUT2D eigenvalue weighted by Gasteiger charge is -2.35. The summed E-state index contributed by atoms with van der Waals surface area (Å²) < 4.78 is 28.4. The summed E-state index contributed by atoms with van der Waals surface area (Å²) >= 11 is 7.11. The van der Waals surface area contributed by atoms with Gasteiger partial charge in [-0.05, 0) is 42.6 Å². The number of amides is 1. The van der Waals surface area contributed by atoms with Gasteiger partial charge in [-0.3, -0.25) is 9.52 Å². The normalized spacial score (nSPS) is 14.5. The molecule has 1 saturated heterocycles. The quantitative estimate of drug-likeness (QED) is 0.565. The predicted octanol–water partition coefficient (Wildman–Crippen LogP) is 3.87. The fourth-order valence-corrected chi connectivity index (χ4v) is 5.96. The average molecular weight is 477 g/mol. The molecule has 1 fully saturated rings. The number of aryl methyl sites for hydroxylation is 1. The van der Waals surface area contributed by atoms with Crippen molar-refractivity contribution < 1.29 is 13.2 Å². The lowest BCUT2D eigenvalue weighted by atomic mass is 10.2. The minimum absolute atomic E-state index is 0.00186. The molecular formula is C21H21ClN4O3S2. The molecule has 3 aromatic rings. The van der Waals surface area contributed by atoms with E-state index in [2.05, 4.69) is 14.6 Å². The van der Waals surface area contributed by atoms with Gasteiger partial charge in [-0.15, -0.1) is 11.3 Å². The molecule has 0 atom stereocenters. The predicted molar refractivity (Wildman–Crippen MR) is 124 cm³/mol. The van der Waals surface area contributed by atoms with Crippen LogP contribution in [-0.2, 0) is 10.0 Å². The second kappa shape index (κ2) is 8.86. The number of anilines is 2. The number of piperazine rings is 1. The maximum absolute atomic E-state index is 13.1. The molecule has 31 heavy (non-hydrogen) atoms. The number of pyridine rings is 1. The minimum atomic E-state index is -3.88. The highest BCUT2D eigenvalue weighted by Crippen LogP contribution is 2.27. The summed E-state index contributed by atoms with van der Waals surface area (Å²) in [4.78, 5) is 21.4. The van der Waals surface area contributed by atoms with Crippen LogP contribution in [0, 0.1) is 6.92 Å². The van der Waals surface area contributed by atoms with Gasteiger partial charge in [0.15, 0.2) is 0 Å². The van der Waals surface area contributed by atoms with Crippen molar-refractivity contribution in [3.8, 4) is 0 Å². The highest BCUT2D eigenvalue weighted by molar-refractivity contribution is 7.93. The Bertz CT molecular complexity index is 1190. The summed E-state index contributed by atoms with van der Waals surface area (Å²) in [5.74, 6) is 0.485. The van der Waals surface area contributed by atoms with E-state index < -0.39 is 10.0 Å². The van der Waals surface area contributed by atoms with E-state index in [1.54, 1.807) is 28.5 Å². The van der Waals surface area contributed by atoms with Crippen molar-refractivity contribution in [1.82, 2.24) is 9.88 Å². The number of nitrogens with one attached hydrogen (secondary N) is 1. The van der Waals surface area contributed by atoms with Crippen LogP contribution in [0.5, 0.6) is 0 Å². The number of nitrogens with zero attached hydrogens (tertiary/aromatic N) is 3. The Morgan fingerprint density at radius 3 is 2.45 bits per heavy atom. The first-order chi connectivity index (χ1) is 14.8. The summed E-state index contributed by atoms with van der Waals surface area (Å²) in [6, 6.07) is 14.0. The number of sulfonamides is 1. The minimum Gasteiger partial charge on any atom is -0.353 e. The van der Waals surface area contributed by atoms with Crippen LogP contribution in [0.15, 0.2) is 58.8 Å². The van der Waals surface area contributed by atoms with E-state index in [-0.39, 0.29) is 15.7 Å². The Labute approximate surface area is 190 Å². The molecule has 7 nitrogen and oxygen atoms in total. The Morgan fingerprint density at radius 1 is 1.06 bits per heavy atom. The van der Waals surface area contributed by atoms with Crippen LogP contribution in [0.3, 0.4) is 0 Å². The summed E-state index contributed by atoms with van der Waals surface area (Å²) in [6.45, 7) is 4.05. The molecule has 10 heteroatoms. The molecule has 162 valence electrons. The number of aromatic nitrogens is 1. The number of rotatable bonds is 5. The second-order valence-electron chi connectivity index (χ2n) is 7.18. The Balaban J connectivity index is 1.47. The van der Waals surface area contributed by atoms with Gasteiger partial charge in [0.25, 0.3) is 15.9 Å². The molecular weight excluding hydrogens is 456 g/mol. The maximum Gasteiger partial charge on any atom is 0.265 e. The summed E-state index contributed by atoms with van der Waals surface area (Å²) in [6.07, 6.45) is 0. The Hall–Kier alpha value is -2.62. The third kappa shape index (κ3) is 4.84. The third-order valence-electron chi connectivity index (χ3n) is 5.01. The maximum atomic E-state index is 13.1. The summed E-state index contributed by atoms with van der Waals surface area (Å²) in [7, 11) is -3.88. The molecule has 0 aliphatic carbocycles. The molecule has 0 spiro atoms. The van der Waals surface area contributed by atoms with E-state index in [1.165, 1.54) is 6.07 Å². The summed E-state index contributed by atoms with van der Waals surface area (Å²) in [5.41, 5.74) is 1.49.